The highest BCUT2D eigenvalue weighted by Gasteiger charge is 2.27. The van der Waals surface area contributed by atoms with Crippen molar-refractivity contribution in [3.8, 4) is 0 Å². The second-order valence-corrected chi connectivity index (χ2v) is 6.86. The van der Waals surface area contributed by atoms with Gasteiger partial charge in [0, 0.05) is 10.9 Å². The summed E-state index contributed by atoms with van der Waals surface area (Å²) in [6, 6.07) is 11.8. The Balaban J connectivity index is 1.85. The average molecular weight is 285 g/mol. The molecular weight excluding hydrogens is 262 g/mol. The van der Waals surface area contributed by atoms with Crippen molar-refractivity contribution in [3.05, 3.63) is 57.3 Å². The molecule has 0 saturated heterocycles. The fourth-order valence-electron chi connectivity index (χ4n) is 3.48. The van der Waals surface area contributed by atoms with Gasteiger partial charge in [-0.3, -0.25) is 0 Å². The molecule has 2 atom stereocenters. The van der Waals surface area contributed by atoms with Crippen LogP contribution in [0.25, 0.3) is 0 Å². The molecule has 1 aliphatic rings. The Kier molecular flexibility index (Phi) is 4.23. The number of rotatable bonds is 4. The molecule has 0 spiro atoms. The summed E-state index contributed by atoms with van der Waals surface area (Å²) in [6.07, 6.45) is 3.74. The second-order valence-electron chi connectivity index (χ2n) is 5.74. The number of fused-ring (bicyclic) bond motifs is 1. The van der Waals surface area contributed by atoms with Gasteiger partial charge in [0.1, 0.15) is 0 Å². The Hall–Kier alpha value is -1.12. The van der Waals surface area contributed by atoms with E-state index in [0.717, 1.165) is 12.5 Å². The summed E-state index contributed by atoms with van der Waals surface area (Å²) in [5.74, 6) is 0.721. The second kappa shape index (κ2) is 6.11. The highest BCUT2D eigenvalue weighted by molar-refractivity contribution is 7.10. The molecule has 0 amide bonds. The molecule has 0 aliphatic heterocycles. The first-order valence-electron chi connectivity index (χ1n) is 7.63. The predicted molar refractivity (Wildman–Crippen MR) is 87.4 cm³/mol. The summed E-state index contributed by atoms with van der Waals surface area (Å²) in [4.78, 5) is 1.47. The van der Waals surface area contributed by atoms with E-state index in [0.29, 0.717) is 6.04 Å². The van der Waals surface area contributed by atoms with E-state index < -0.39 is 0 Å². The summed E-state index contributed by atoms with van der Waals surface area (Å²) in [5, 5.41) is 5.96. The molecule has 1 N–H and O–H groups in total. The number of nitrogens with one attached hydrogen (secondary N) is 1. The maximum Gasteiger partial charge on any atom is 0.0362 e. The third kappa shape index (κ3) is 2.68. The van der Waals surface area contributed by atoms with Gasteiger partial charge in [0.25, 0.3) is 0 Å². The van der Waals surface area contributed by atoms with Gasteiger partial charge in [-0.2, -0.15) is 0 Å². The Morgan fingerprint density at radius 2 is 2.05 bits per heavy atom. The Morgan fingerprint density at radius 1 is 1.25 bits per heavy atom. The van der Waals surface area contributed by atoms with Gasteiger partial charge in [-0.25, -0.2) is 0 Å². The number of benzene rings is 1. The van der Waals surface area contributed by atoms with Crippen LogP contribution in [0.4, 0.5) is 0 Å². The number of hydrogen-bond donors (Lipinski definition) is 1. The quantitative estimate of drug-likeness (QED) is 0.871. The number of thiophene rings is 1. The Labute approximate surface area is 126 Å². The monoisotopic (exact) mass is 285 g/mol. The first-order chi connectivity index (χ1) is 9.79. The lowest BCUT2D eigenvalue weighted by molar-refractivity contribution is 0.330. The molecule has 0 bridgehead atoms. The molecule has 1 aromatic heterocycles. The van der Waals surface area contributed by atoms with Crippen molar-refractivity contribution in [2.75, 3.05) is 6.54 Å². The van der Waals surface area contributed by atoms with Gasteiger partial charge in [-0.15, -0.1) is 11.3 Å². The van der Waals surface area contributed by atoms with E-state index in [1.54, 1.807) is 11.1 Å². The van der Waals surface area contributed by atoms with Crippen LogP contribution in [0.15, 0.2) is 35.7 Å². The van der Waals surface area contributed by atoms with Gasteiger partial charge in [0.2, 0.25) is 0 Å². The molecular formula is C18H23NS. The van der Waals surface area contributed by atoms with Crippen LogP contribution >= 0.6 is 11.3 Å². The zero-order chi connectivity index (χ0) is 13.9. The minimum absolute atomic E-state index is 0.514. The average Bonchev–Trinajstić information content (AvgIpc) is 2.90. The Bertz CT molecular complexity index is 572. The zero-order valence-electron chi connectivity index (χ0n) is 12.4. The lowest BCUT2D eigenvalue weighted by Crippen LogP contribution is -2.32. The van der Waals surface area contributed by atoms with Crippen molar-refractivity contribution >= 4 is 11.3 Å². The van der Waals surface area contributed by atoms with Crippen LogP contribution < -0.4 is 5.32 Å². The maximum atomic E-state index is 3.73. The van der Waals surface area contributed by atoms with E-state index >= 15 is 0 Å². The molecule has 1 heterocycles. The summed E-state index contributed by atoms with van der Waals surface area (Å²) in [5.41, 5.74) is 4.63. The molecule has 106 valence electrons. The summed E-state index contributed by atoms with van der Waals surface area (Å²) in [6.45, 7) is 5.50. The normalized spacial score (nSPS) is 19.6. The zero-order valence-corrected chi connectivity index (χ0v) is 13.2. The minimum Gasteiger partial charge on any atom is -0.310 e. The van der Waals surface area contributed by atoms with Gasteiger partial charge in [-0.1, -0.05) is 31.2 Å². The first-order valence-corrected chi connectivity index (χ1v) is 8.51. The van der Waals surface area contributed by atoms with Crippen LogP contribution in [-0.2, 0) is 12.8 Å². The van der Waals surface area contributed by atoms with Crippen molar-refractivity contribution in [1.29, 1.82) is 0 Å². The van der Waals surface area contributed by atoms with Crippen molar-refractivity contribution in [2.24, 2.45) is 5.92 Å². The number of hydrogen-bond acceptors (Lipinski definition) is 2. The molecule has 2 unspecified atom stereocenters. The van der Waals surface area contributed by atoms with Crippen LogP contribution in [0.2, 0.25) is 0 Å². The largest absolute Gasteiger partial charge is 0.310 e. The topological polar surface area (TPSA) is 12.0 Å². The van der Waals surface area contributed by atoms with Crippen LogP contribution in [0, 0.1) is 12.8 Å². The lowest BCUT2D eigenvalue weighted by Gasteiger charge is -2.32. The highest BCUT2D eigenvalue weighted by atomic mass is 32.1. The molecule has 1 aromatic carbocycles. The summed E-state index contributed by atoms with van der Waals surface area (Å²) in [7, 11) is 0. The third-order valence-electron chi connectivity index (χ3n) is 4.51. The Morgan fingerprint density at radius 3 is 2.75 bits per heavy atom. The van der Waals surface area contributed by atoms with E-state index in [-0.39, 0.29) is 0 Å². The molecule has 1 nitrogen and oxygen atoms in total. The third-order valence-corrected chi connectivity index (χ3v) is 5.38. The van der Waals surface area contributed by atoms with Crippen molar-refractivity contribution in [3.63, 3.8) is 0 Å². The van der Waals surface area contributed by atoms with Gasteiger partial charge in [-0.05, 0) is 66.8 Å². The van der Waals surface area contributed by atoms with Crippen LogP contribution in [0.3, 0.4) is 0 Å². The van der Waals surface area contributed by atoms with E-state index in [9.17, 15) is 0 Å². The molecule has 2 heteroatoms. The standard InChI is InChI=1S/C18H23NS/c1-3-19-18(17-10-11-20-13(17)2)16-9-8-14-6-4-5-7-15(14)12-16/h4-7,10-11,16,18-19H,3,8-9,12H2,1-2H3. The van der Waals surface area contributed by atoms with E-state index in [4.69, 9.17) is 0 Å². The lowest BCUT2D eigenvalue weighted by atomic mass is 9.78. The fourth-order valence-corrected chi connectivity index (χ4v) is 4.23. The van der Waals surface area contributed by atoms with Crippen LogP contribution in [0.1, 0.15) is 41.0 Å². The smallest absolute Gasteiger partial charge is 0.0362 e. The fraction of sp³-hybridized carbons (Fsp3) is 0.444. The van der Waals surface area contributed by atoms with E-state index in [1.807, 2.05) is 11.3 Å². The van der Waals surface area contributed by atoms with E-state index in [2.05, 4.69) is 54.9 Å². The highest BCUT2D eigenvalue weighted by Crippen LogP contribution is 2.36. The molecule has 0 saturated carbocycles. The van der Waals surface area contributed by atoms with Gasteiger partial charge in [0.05, 0.1) is 0 Å². The first kappa shape index (κ1) is 13.8. The summed E-state index contributed by atoms with van der Waals surface area (Å²) >= 11 is 1.87. The predicted octanol–water partition coefficient (Wildman–Crippen LogP) is 4.51. The molecule has 20 heavy (non-hydrogen) atoms. The van der Waals surface area contributed by atoms with Crippen molar-refractivity contribution in [1.82, 2.24) is 5.32 Å². The molecule has 1 aliphatic carbocycles. The summed E-state index contributed by atoms with van der Waals surface area (Å²) < 4.78 is 0. The SMILES string of the molecule is CCNC(c1ccsc1C)C1CCc2ccccc2C1. The molecule has 0 fully saturated rings. The van der Waals surface area contributed by atoms with Crippen molar-refractivity contribution < 1.29 is 0 Å². The van der Waals surface area contributed by atoms with E-state index in [1.165, 1.54) is 29.7 Å². The molecule has 0 radical (unpaired) electrons. The van der Waals surface area contributed by atoms with Crippen molar-refractivity contribution in [2.45, 2.75) is 39.2 Å². The molecule has 3 rings (SSSR count). The maximum absolute atomic E-state index is 3.73. The van der Waals surface area contributed by atoms with Crippen LogP contribution in [-0.4, -0.2) is 6.54 Å². The number of aryl methyl sites for hydroxylation is 2. The minimum atomic E-state index is 0.514. The van der Waals surface area contributed by atoms with Gasteiger partial charge < -0.3 is 5.32 Å². The van der Waals surface area contributed by atoms with Gasteiger partial charge >= 0.3 is 0 Å². The molecule has 2 aromatic rings. The van der Waals surface area contributed by atoms with Gasteiger partial charge in [0.15, 0.2) is 0 Å². The van der Waals surface area contributed by atoms with Crippen LogP contribution in [0.5, 0.6) is 0 Å².